The Morgan fingerprint density at radius 1 is 1.54 bits per heavy atom. The molecule has 1 N–H and O–H groups in total. The zero-order valence-corrected chi connectivity index (χ0v) is 8.49. The predicted molar refractivity (Wildman–Crippen MR) is 51.7 cm³/mol. The Labute approximate surface area is 79.7 Å². The second-order valence-corrected chi connectivity index (χ2v) is 4.21. The Bertz CT molecular complexity index is 176. The summed E-state index contributed by atoms with van der Waals surface area (Å²) < 4.78 is 0. The normalized spacial score (nSPS) is 17.8. The molecule has 0 aromatic carbocycles. The van der Waals surface area contributed by atoms with Crippen molar-refractivity contribution < 1.29 is 9.90 Å². The number of rotatable bonds is 5. The van der Waals surface area contributed by atoms with Gasteiger partial charge in [-0.2, -0.15) is 0 Å². The Balaban J connectivity index is 2.32. The number of carboxylic acids is 1. The molecule has 0 bridgehead atoms. The van der Waals surface area contributed by atoms with Crippen LogP contribution in [0.25, 0.3) is 0 Å². The second-order valence-electron chi connectivity index (χ2n) is 4.21. The van der Waals surface area contributed by atoms with Gasteiger partial charge in [-0.05, 0) is 32.6 Å². The second kappa shape index (κ2) is 4.61. The zero-order valence-electron chi connectivity index (χ0n) is 8.49. The summed E-state index contributed by atoms with van der Waals surface area (Å²) in [5, 5.41) is 8.69. The van der Waals surface area contributed by atoms with Gasteiger partial charge in [-0.1, -0.05) is 6.42 Å². The lowest BCUT2D eigenvalue weighted by molar-refractivity contribution is -0.139. The van der Waals surface area contributed by atoms with Gasteiger partial charge >= 0.3 is 5.97 Å². The van der Waals surface area contributed by atoms with Crippen LogP contribution in [0, 0.1) is 5.92 Å². The first-order valence-corrected chi connectivity index (χ1v) is 5.05. The van der Waals surface area contributed by atoms with Gasteiger partial charge in [0, 0.05) is 12.6 Å². The van der Waals surface area contributed by atoms with Gasteiger partial charge in [0.05, 0.1) is 6.54 Å². The van der Waals surface area contributed by atoms with Crippen molar-refractivity contribution in [2.45, 2.75) is 39.2 Å². The van der Waals surface area contributed by atoms with E-state index in [0.29, 0.717) is 6.04 Å². The van der Waals surface area contributed by atoms with Crippen LogP contribution in [-0.2, 0) is 4.79 Å². The van der Waals surface area contributed by atoms with Crippen molar-refractivity contribution in [3.8, 4) is 0 Å². The van der Waals surface area contributed by atoms with Crippen molar-refractivity contribution in [2.24, 2.45) is 5.92 Å². The van der Waals surface area contributed by atoms with E-state index >= 15 is 0 Å². The van der Waals surface area contributed by atoms with Gasteiger partial charge in [-0.25, -0.2) is 0 Å². The number of hydrogen-bond donors (Lipinski definition) is 1. The number of nitrogens with zero attached hydrogens (tertiary/aromatic N) is 1. The van der Waals surface area contributed by atoms with Crippen molar-refractivity contribution in [1.29, 1.82) is 0 Å². The molecule has 13 heavy (non-hydrogen) atoms. The predicted octanol–water partition coefficient (Wildman–Crippen LogP) is 1.58. The lowest BCUT2D eigenvalue weighted by Crippen LogP contribution is -2.40. The summed E-state index contributed by atoms with van der Waals surface area (Å²) in [5.41, 5.74) is 0. The monoisotopic (exact) mass is 185 g/mol. The van der Waals surface area contributed by atoms with Gasteiger partial charge in [-0.3, -0.25) is 9.69 Å². The molecule has 76 valence electrons. The highest BCUT2D eigenvalue weighted by atomic mass is 16.4. The fourth-order valence-corrected chi connectivity index (χ4v) is 1.64. The molecule has 0 atom stereocenters. The molecule has 0 aromatic heterocycles. The largest absolute Gasteiger partial charge is 0.480 e. The molecule has 0 radical (unpaired) electrons. The summed E-state index contributed by atoms with van der Waals surface area (Å²) in [7, 11) is 0. The van der Waals surface area contributed by atoms with Crippen LogP contribution < -0.4 is 0 Å². The number of aliphatic carboxylic acids is 1. The molecule has 1 aliphatic carbocycles. The molecule has 0 spiro atoms. The smallest absolute Gasteiger partial charge is 0.317 e. The third-order valence-corrected chi connectivity index (χ3v) is 2.79. The summed E-state index contributed by atoms with van der Waals surface area (Å²) in [4.78, 5) is 12.6. The van der Waals surface area contributed by atoms with Crippen LogP contribution in [0.15, 0.2) is 0 Å². The molecule has 3 heteroatoms. The van der Waals surface area contributed by atoms with E-state index in [4.69, 9.17) is 5.11 Å². The van der Waals surface area contributed by atoms with Gasteiger partial charge in [0.1, 0.15) is 0 Å². The van der Waals surface area contributed by atoms with Crippen LogP contribution >= 0.6 is 0 Å². The van der Waals surface area contributed by atoms with Crippen LogP contribution in [0.3, 0.4) is 0 Å². The molecule has 1 saturated carbocycles. The molecule has 1 rings (SSSR count). The number of carboxylic acid groups (broad SMARTS) is 1. The van der Waals surface area contributed by atoms with Crippen LogP contribution in [0.4, 0.5) is 0 Å². The molecule has 0 aliphatic heterocycles. The molecule has 0 saturated heterocycles. The van der Waals surface area contributed by atoms with E-state index in [9.17, 15) is 4.79 Å². The van der Waals surface area contributed by atoms with E-state index in [1.807, 2.05) is 4.90 Å². The van der Waals surface area contributed by atoms with Gasteiger partial charge < -0.3 is 5.11 Å². The first kappa shape index (κ1) is 10.5. The molecular weight excluding hydrogens is 166 g/mol. The van der Waals surface area contributed by atoms with Crippen molar-refractivity contribution >= 4 is 5.97 Å². The first-order chi connectivity index (χ1) is 6.09. The third-order valence-electron chi connectivity index (χ3n) is 2.79. The summed E-state index contributed by atoms with van der Waals surface area (Å²) in [6.07, 6.45) is 3.88. The highest BCUT2D eigenvalue weighted by molar-refractivity contribution is 5.69. The molecular formula is C10H19NO2. The maximum Gasteiger partial charge on any atom is 0.317 e. The van der Waals surface area contributed by atoms with E-state index in [1.165, 1.54) is 19.3 Å². The molecule has 1 aliphatic rings. The van der Waals surface area contributed by atoms with Crippen LogP contribution in [0.5, 0.6) is 0 Å². The lowest BCUT2D eigenvalue weighted by Gasteiger charge is -2.33. The highest BCUT2D eigenvalue weighted by Gasteiger charge is 2.23. The van der Waals surface area contributed by atoms with Crippen LogP contribution in [-0.4, -0.2) is 35.1 Å². The minimum atomic E-state index is -0.715. The van der Waals surface area contributed by atoms with Crippen molar-refractivity contribution in [1.82, 2.24) is 4.90 Å². The average Bonchev–Trinajstić information content (AvgIpc) is 1.92. The van der Waals surface area contributed by atoms with Crippen molar-refractivity contribution in [3.05, 3.63) is 0 Å². The highest BCUT2D eigenvalue weighted by Crippen LogP contribution is 2.27. The summed E-state index contributed by atoms with van der Waals surface area (Å²) in [6.45, 7) is 5.27. The molecule has 0 aromatic rings. The fourth-order valence-electron chi connectivity index (χ4n) is 1.64. The van der Waals surface area contributed by atoms with Gasteiger partial charge in [0.15, 0.2) is 0 Å². The van der Waals surface area contributed by atoms with E-state index in [1.54, 1.807) is 0 Å². The molecule has 0 unspecified atom stereocenters. The topological polar surface area (TPSA) is 40.5 Å². The van der Waals surface area contributed by atoms with E-state index in [2.05, 4.69) is 13.8 Å². The Morgan fingerprint density at radius 2 is 2.15 bits per heavy atom. The minimum absolute atomic E-state index is 0.189. The lowest BCUT2D eigenvalue weighted by atomic mass is 9.85. The van der Waals surface area contributed by atoms with Crippen LogP contribution in [0.1, 0.15) is 33.1 Å². The first-order valence-electron chi connectivity index (χ1n) is 5.05. The molecule has 1 fully saturated rings. The molecule has 3 nitrogen and oxygen atoms in total. The fraction of sp³-hybridized carbons (Fsp3) is 0.900. The summed E-state index contributed by atoms with van der Waals surface area (Å²) >= 11 is 0. The quantitative estimate of drug-likeness (QED) is 0.707. The van der Waals surface area contributed by atoms with E-state index in [-0.39, 0.29) is 6.54 Å². The van der Waals surface area contributed by atoms with Crippen molar-refractivity contribution in [3.63, 3.8) is 0 Å². The number of hydrogen-bond acceptors (Lipinski definition) is 2. The standard InChI is InChI=1S/C10H19NO2/c1-8(2)11(7-10(12)13)6-9-4-3-5-9/h8-9H,3-7H2,1-2H3,(H,12,13). The maximum absolute atomic E-state index is 10.6. The van der Waals surface area contributed by atoms with Crippen LogP contribution in [0.2, 0.25) is 0 Å². The number of carbonyl (C=O) groups is 1. The Morgan fingerprint density at radius 3 is 2.46 bits per heavy atom. The van der Waals surface area contributed by atoms with Crippen molar-refractivity contribution in [2.75, 3.05) is 13.1 Å². The molecule has 0 heterocycles. The Kier molecular flexibility index (Phi) is 3.72. The SMILES string of the molecule is CC(C)N(CC(=O)O)CC1CCC1. The average molecular weight is 185 g/mol. The Hall–Kier alpha value is -0.570. The van der Waals surface area contributed by atoms with E-state index < -0.39 is 5.97 Å². The minimum Gasteiger partial charge on any atom is -0.480 e. The maximum atomic E-state index is 10.6. The van der Waals surface area contributed by atoms with E-state index in [0.717, 1.165) is 12.5 Å². The van der Waals surface area contributed by atoms with Gasteiger partial charge in [0.2, 0.25) is 0 Å². The van der Waals surface area contributed by atoms with Gasteiger partial charge in [0.25, 0.3) is 0 Å². The summed E-state index contributed by atoms with van der Waals surface area (Å²) in [5.74, 6) is 0.0368. The zero-order chi connectivity index (χ0) is 9.84. The third kappa shape index (κ3) is 3.35. The summed E-state index contributed by atoms with van der Waals surface area (Å²) in [6, 6.07) is 0.344. The molecule has 0 amide bonds. The van der Waals surface area contributed by atoms with Gasteiger partial charge in [-0.15, -0.1) is 0 Å².